The molecule has 0 saturated carbocycles. The van der Waals surface area contributed by atoms with Gasteiger partial charge in [0.25, 0.3) is 0 Å². The largest absolute Gasteiger partial charge is 0.488 e. The molecule has 6 nitrogen and oxygen atoms in total. The van der Waals surface area contributed by atoms with Crippen molar-refractivity contribution in [3.8, 4) is 5.75 Å². The normalized spacial score (nSPS) is 17.4. The molecule has 1 fully saturated rings. The summed E-state index contributed by atoms with van der Waals surface area (Å²) in [6, 6.07) is 7.38. The van der Waals surface area contributed by atoms with Crippen molar-refractivity contribution in [2.75, 3.05) is 18.4 Å². The van der Waals surface area contributed by atoms with Crippen molar-refractivity contribution >= 4 is 40.4 Å². The molecule has 4 rings (SSSR count). The molecule has 1 aromatic carbocycles. The second-order valence-corrected chi connectivity index (χ2v) is 8.41. The number of thiophene rings is 1. The summed E-state index contributed by atoms with van der Waals surface area (Å²) in [7, 11) is 0. The van der Waals surface area contributed by atoms with Gasteiger partial charge in [-0.2, -0.15) is 0 Å². The van der Waals surface area contributed by atoms with E-state index in [4.69, 9.17) is 22.2 Å². The molecular formula is C20H23ClN4O2S. The van der Waals surface area contributed by atoms with Gasteiger partial charge in [0.2, 0.25) is 5.91 Å². The Morgan fingerprint density at radius 1 is 1.36 bits per heavy atom. The van der Waals surface area contributed by atoms with E-state index in [0.29, 0.717) is 17.9 Å². The highest BCUT2D eigenvalue weighted by atomic mass is 35.5. The summed E-state index contributed by atoms with van der Waals surface area (Å²) in [5.74, 6) is 0.161. The van der Waals surface area contributed by atoms with Crippen LogP contribution in [-0.2, 0) is 6.54 Å². The number of ether oxygens (including phenoxy) is 1. The highest BCUT2D eigenvalue weighted by Gasteiger charge is 2.24. The van der Waals surface area contributed by atoms with Crippen LogP contribution in [0.5, 0.6) is 5.75 Å². The lowest BCUT2D eigenvalue weighted by atomic mass is 10.1. The van der Waals surface area contributed by atoms with Crippen molar-refractivity contribution in [3.05, 3.63) is 51.3 Å². The SMILES string of the molecule is CC1=C(Nc2ccc(C(N)=O)cc2OC2CCNCC2)c2ccsc2CN1Cl. The number of halogens is 1. The molecule has 0 bridgehead atoms. The van der Waals surface area contributed by atoms with Crippen molar-refractivity contribution in [1.82, 2.24) is 9.74 Å². The maximum absolute atomic E-state index is 11.7. The van der Waals surface area contributed by atoms with Gasteiger partial charge in [0.05, 0.1) is 23.6 Å². The van der Waals surface area contributed by atoms with Crippen LogP contribution in [0.4, 0.5) is 5.69 Å². The first kappa shape index (κ1) is 19.1. The number of primary amides is 1. The molecule has 4 N–H and O–H groups in total. The van der Waals surface area contributed by atoms with E-state index in [2.05, 4.69) is 22.1 Å². The smallest absolute Gasteiger partial charge is 0.248 e. The van der Waals surface area contributed by atoms with Crippen molar-refractivity contribution < 1.29 is 9.53 Å². The maximum atomic E-state index is 11.7. The van der Waals surface area contributed by atoms with Gasteiger partial charge in [-0.25, -0.2) is 0 Å². The number of hydrogen-bond donors (Lipinski definition) is 3. The fraction of sp³-hybridized carbons (Fsp3) is 0.350. The fourth-order valence-corrected chi connectivity index (χ4v) is 4.65. The summed E-state index contributed by atoms with van der Waals surface area (Å²) in [5.41, 5.74) is 9.74. The molecule has 8 heteroatoms. The number of fused-ring (bicyclic) bond motifs is 1. The van der Waals surface area contributed by atoms with E-state index in [1.54, 1.807) is 27.9 Å². The van der Waals surface area contributed by atoms with Crippen LogP contribution in [0.1, 0.15) is 40.6 Å². The van der Waals surface area contributed by atoms with Crippen molar-refractivity contribution in [1.29, 1.82) is 0 Å². The van der Waals surface area contributed by atoms with E-state index in [1.165, 1.54) is 4.88 Å². The van der Waals surface area contributed by atoms with E-state index in [1.807, 2.05) is 13.0 Å². The first-order valence-electron chi connectivity index (χ1n) is 9.32. The molecule has 1 amide bonds. The van der Waals surface area contributed by atoms with E-state index in [0.717, 1.165) is 48.6 Å². The quantitative estimate of drug-likeness (QED) is 0.644. The Bertz CT molecular complexity index is 921. The summed E-state index contributed by atoms with van der Waals surface area (Å²) in [6.07, 6.45) is 1.95. The van der Waals surface area contributed by atoms with Crippen LogP contribution in [0.2, 0.25) is 0 Å². The lowest BCUT2D eigenvalue weighted by Gasteiger charge is -2.29. The number of nitrogens with zero attached hydrogens (tertiary/aromatic N) is 1. The van der Waals surface area contributed by atoms with Gasteiger partial charge >= 0.3 is 0 Å². The third kappa shape index (κ3) is 3.83. The Labute approximate surface area is 173 Å². The summed E-state index contributed by atoms with van der Waals surface area (Å²) in [5, 5.41) is 8.90. The molecule has 1 aromatic heterocycles. The number of carbonyl (C=O) groups excluding carboxylic acids is 1. The van der Waals surface area contributed by atoms with Gasteiger partial charge in [-0.05, 0) is 62.5 Å². The van der Waals surface area contributed by atoms with Gasteiger partial charge in [0.15, 0.2) is 0 Å². The zero-order valence-electron chi connectivity index (χ0n) is 15.6. The zero-order valence-corrected chi connectivity index (χ0v) is 17.2. The minimum Gasteiger partial charge on any atom is -0.488 e. The Balaban J connectivity index is 1.68. The predicted molar refractivity (Wildman–Crippen MR) is 113 cm³/mol. The third-order valence-corrected chi connectivity index (χ3v) is 6.41. The van der Waals surface area contributed by atoms with E-state index in [9.17, 15) is 4.79 Å². The van der Waals surface area contributed by atoms with Crippen LogP contribution in [0, 0.1) is 0 Å². The molecular weight excluding hydrogens is 396 g/mol. The lowest BCUT2D eigenvalue weighted by Crippen LogP contribution is -2.34. The van der Waals surface area contributed by atoms with Gasteiger partial charge in [-0.15, -0.1) is 11.3 Å². The number of hydrogen-bond acceptors (Lipinski definition) is 6. The second kappa shape index (κ2) is 8.03. The fourth-order valence-electron chi connectivity index (χ4n) is 3.51. The number of nitrogens with one attached hydrogen (secondary N) is 2. The minimum absolute atomic E-state index is 0.104. The van der Waals surface area contributed by atoms with Crippen LogP contribution in [0.3, 0.4) is 0 Å². The first-order chi connectivity index (χ1) is 13.5. The van der Waals surface area contributed by atoms with Crippen LogP contribution in [0.15, 0.2) is 35.3 Å². The van der Waals surface area contributed by atoms with Crippen molar-refractivity contribution in [3.63, 3.8) is 0 Å². The molecule has 0 atom stereocenters. The molecule has 0 spiro atoms. The molecule has 2 aromatic rings. The average Bonchev–Trinajstić information content (AvgIpc) is 3.15. The average molecular weight is 419 g/mol. The highest BCUT2D eigenvalue weighted by molar-refractivity contribution is 7.10. The molecule has 0 unspecified atom stereocenters. The summed E-state index contributed by atoms with van der Waals surface area (Å²) in [4.78, 5) is 12.9. The van der Waals surface area contributed by atoms with Crippen LogP contribution < -0.4 is 21.1 Å². The number of allylic oxidation sites excluding steroid dienone is 1. The monoisotopic (exact) mass is 418 g/mol. The number of carbonyl (C=O) groups is 1. The van der Waals surface area contributed by atoms with E-state index >= 15 is 0 Å². The molecule has 2 aliphatic heterocycles. The van der Waals surface area contributed by atoms with E-state index in [-0.39, 0.29) is 6.10 Å². The van der Waals surface area contributed by atoms with Gasteiger partial charge in [0.1, 0.15) is 11.9 Å². The first-order valence-corrected chi connectivity index (χ1v) is 10.5. The van der Waals surface area contributed by atoms with Crippen LogP contribution in [-0.4, -0.2) is 29.5 Å². The standard InChI is InChI=1S/C20H23ClN4O2S/c1-12-19(15-6-9-28-18(15)11-25(12)21)24-16-3-2-13(20(22)26)10-17(16)27-14-4-7-23-8-5-14/h2-3,6,9-10,14,23-24H,4-5,7-8,11H2,1H3,(H2,22,26). The number of piperidine rings is 1. The number of anilines is 1. The minimum atomic E-state index is -0.471. The topological polar surface area (TPSA) is 79.6 Å². The Morgan fingerprint density at radius 2 is 2.14 bits per heavy atom. The van der Waals surface area contributed by atoms with Crippen molar-refractivity contribution in [2.24, 2.45) is 5.73 Å². The van der Waals surface area contributed by atoms with Crippen molar-refractivity contribution in [2.45, 2.75) is 32.4 Å². The maximum Gasteiger partial charge on any atom is 0.248 e. The number of nitrogens with two attached hydrogens (primary N) is 1. The van der Waals surface area contributed by atoms with Gasteiger partial charge < -0.3 is 21.1 Å². The molecule has 1 saturated heterocycles. The van der Waals surface area contributed by atoms with Gasteiger partial charge in [-0.3, -0.25) is 9.21 Å². The lowest BCUT2D eigenvalue weighted by molar-refractivity contribution is 0.0999. The molecule has 148 valence electrons. The van der Waals surface area contributed by atoms with Crippen LogP contribution in [0.25, 0.3) is 5.70 Å². The summed E-state index contributed by atoms with van der Waals surface area (Å²) >= 11 is 8.10. The number of rotatable bonds is 5. The number of benzene rings is 1. The zero-order chi connectivity index (χ0) is 19.7. The van der Waals surface area contributed by atoms with E-state index < -0.39 is 5.91 Å². The summed E-state index contributed by atoms with van der Waals surface area (Å²) in [6.45, 7) is 4.52. The third-order valence-electron chi connectivity index (χ3n) is 5.13. The molecule has 0 aliphatic carbocycles. The summed E-state index contributed by atoms with van der Waals surface area (Å²) < 4.78 is 7.99. The van der Waals surface area contributed by atoms with Gasteiger partial charge in [-0.1, -0.05) is 0 Å². The van der Waals surface area contributed by atoms with Gasteiger partial charge in [0, 0.05) is 27.8 Å². The Kier molecular flexibility index (Phi) is 5.48. The molecule has 2 aliphatic rings. The Hall–Kier alpha value is -2.22. The highest BCUT2D eigenvalue weighted by Crippen LogP contribution is 2.38. The van der Waals surface area contributed by atoms with Crippen LogP contribution >= 0.6 is 23.1 Å². The molecule has 28 heavy (non-hydrogen) atoms. The second-order valence-electron chi connectivity index (χ2n) is 7.01. The molecule has 0 radical (unpaired) electrons. The molecule has 3 heterocycles. The Morgan fingerprint density at radius 3 is 2.89 bits per heavy atom. The number of amides is 1. The predicted octanol–water partition coefficient (Wildman–Crippen LogP) is 3.75.